The highest BCUT2D eigenvalue weighted by Gasteiger charge is 2.23. The zero-order valence-corrected chi connectivity index (χ0v) is 13.6. The van der Waals surface area contributed by atoms with Gasteiger partial charge in [0.05, 0.1) is 18.1 Å². The third-order valence-corrected chi connectivity index (χ3v) is 4.49. The first-order chi connectivity index (χ1) is 11.8. The van der Waals surface area contributed by atoms with Crippen molar-refractivity contribution in [2.24, 2.45) is 0 Å². The molecule has 4 heterocycles. The van der Waals surface area contributed by atoms with Gasteiger partial charge in [-0.25, -0.2) is 15.0 Å². The number of hydrogen-bond donors (Lipinski definition) is 0. The molecule has 0 unspecified atom stereocenters. The molecule has 0 bridgehead atoms. The first kappa shape index (κ1) is 14.7. The molecule has 0 aromatic carbocycles. The Morgan fingerprint density at radius 3 is 2.62 bits per heavy atom. The van der Waals surface area contributed by atoms with Crippen LogP contribution < -0.4 is 9.80 Å². The minimum absolute atomic E-state index is 0.148. The number of pyridine rings is 1. The molecule has 120 valence electrons. The van der Waals surface area contributed by atoms with Crippen LogP contribution >= 0.6 is 11.3 Å². The van der Waals surface area contributed by atoms with Crippen molar-refractivity contribution in [1.82, 2.24) is 19.9 Å². The van der Waals surface area contributed by atoms with Gasteiger partial charge in [-0.15, -0.1) is 11.3 Å². The first-order valence-electron chi connectivity index (χ1n) is 7.55. The van der Waals surface area contributed by atoms with Crippen LogP contribution in [0.2, 0.25) is 0 Å². The minimum atomic E-state index is 0.148. The molecule has 1 amide bonds. The van der Waals surface area contributed by atoms with Crippen LogP contribution in [-0.4, -0.2) is 32.4 Å². The Hall–Kier alpha value is -2.87. The number of hydrogen-bond acceptors (Lipinski definition) is 7. The monoisotopic (exact) mass is 338 g/mol. The van der Waals surface area contributed by atoms with E-state index in [1.165, 1.54) is 11.3 Å². The van der Waals surface area contributed by atoms with Gasteiger partial charge in [-0.2, -0.15) is 0 Å². The minimum Gasteiger partial charge on any atom is -0.311 e. The molecule has 3 aromatic heterocycles. The summed E-state index contributed by atoms with van der Waals surface area (Å²) < 4.78 is 0. The van der Waals surface area contributed by atoms with Crippen molar-refractivity contribution in [2.45, 2.75) is 12.8 Å². The predicted octanol–water partition coefficient (Wildman–Crippen LogP) is 2.92. The molecule has 1 aliphatic heterocycles. The van der Waals surface area contributed by atoms with Crippen LogP contribution in [0.3, 0.4) is 0 Å². The van der Waals surface area contributed by atoms with E-state index in [-0.39, 0.29) is 5.91 Å². The molecule has 0 aliphatic carbocycles. The number of thiazole rings is 1. The molecule has 3 aromatic rings. The summed E-state index contributed by atoms with van der Waals surface area (Å²) in [5.74, 6) is 1.47. The molecule has 7 nitrogen and oxygen atoms in total. The molecule has 1 aliphatic rings. The van der Waals surface area contributed by atoms with E-state index in [9.17, 15) is 4.79 Å². The number of carbonyl (C=O) groups is 1. The van der Waals surface area contributed by atoms with E-state index in [4.69, 9.17) is 0 Å². The van der Waals surface area contributed by atoms with Crippen LogP contribution in [0, 0.1) is 0 Å². The summed E-state index contributed by atoms with van der Waals surface area (Å²) in [5.41, 5.74) is 0.819. The Morgan fingerprint density at radius 2 is 2.00 bits per heavy atom. The molecule has 1 saturated heterocycles. The molecule has 0 spiro atoms. The van der Waals surface area contributed by atoms with Crippen molar-refractivity contribution in [3.63, 3.8) is 0 Å². The second-order valence-corrected chi connectivity index (χ2v) is 6.11. The maximum Gasteiger partial charge on any atom is 0.227 e. The Morgan fingerprint density at radius 1 is 1.04 bits per heavy atom. The lowest BCUT2D eigenvalue weighted by Gasteiger charge is -2.21. The van der Waals surface area contributed by atoms with Gasteiger partial charge >= 0.3 is 0 Å². The molecule has 4 rings (SSSR count). The van der Waals surface area contributed by atoms with Crippen LogP contribution in [0.5, 0.6) is 0 Å². The maximum absolute atomic E-state index is 11.9. The highest BCUT2D eigenvalue weighted by atomic mass is 32.1. The summed E-state index contributed by atoms with van der Waals surface area (Å²) >= 11 is 1.49. The third-order valence-electron chi connectivity index (χ3n) is 3.74. The second kappa shape index (κ2) is 6.32. The zero-order chi connectivity index (χ0) is 16.4. The second-order valence-electron chi connectivity index (χ2n) is 5.24. The topological polar surface area (TPSA) is 75.1 Å². The quantitative estimate of drug-likeness (QED) is 0.728. The number of aromatic nitrogens is 4. The van der Waals surface area contributed by atoms with E-state index in [0.29, 0.717) is 18.1 Å². The Balaban J connectivity index is 1.70. The normalized spacial score (nSPS) is 14.2. The van der Waals surface area contributed by atoms with Crippen molar-refractivity contribution in [3.8, 4) is 0 Å². The maximum atomic E-state index is 11.9. The lowest BCUT2D eigenvalue weighted by Crippen LogP contribution is -2.24. The summed E-state index contributed by atoms with van der Waals surface area (Å²) in [7, 11) is 0. The van der Waals surface area contributed by atoms with Gasteiger partial charge < -0.3 is 4.90 Å². The van der Waals surface area contributed by atoms with Gasteiger partial charge in [0.2, 0.25) is 5.91 Å². The standard InChI is InChI=1S/C16H14N6OS/c23-15-2-1-8-21(15)12-3-4-13(20-10-12)22(16-19-7-9-24-16)14-11-17-5-6-18-14/h3-7,9-11H,1-2,8H2. The number of amides is 1. The van der Waals surface area contributed by atoms with Gasteiger partial charge in [0.25, 0.3) is 0 Å². The van der Waals surface area contributed by atoms with Gasteiger partial charge in [-0.3, -0.25) is 14.7 Å². The fraction of sp³-hybridized carbons (Fsp3) is 0.188. The van der Waals surface area contributed by atoms with Crippen LogP contribution in [0.1, 0.15) is 12.8 Å². The molecular formula is C16H14N6OS. The van der Waals surface area contributed by atoms with E-state index >= 15 is 0 Å². The van der Waals surface area contributed by atoms with Crippen LogP contribution in [0.15, 0.2) is 48.5 Å². The van der Waals surface area contributed by atoms with Crippen LogP contribution in [0.4, 0.5) is 22.5 Å². The van der Waals surface area contributed by atoms with Crippen molar-refractivity contribution in [3.05, 3.63) is 48.5 Å². The fourth-order valence-electron chi connectivity index (χ4n) is 2.64. The summed E-state index contributed by atoms with van der Waals surface area (Å²) in [6.45, 7) is 0.750. The average Bonchev–Trinajstić information content (AvgIpc) is 3.29. The SMILES string of the molecule is O=C1CCCN1c1ccc(N(c2cnccn2)c2nccs2)nc1. The van der Waals surface area contributed by atoms with Gasteiger partial charge in [-0.1, -0.05) is 0 Å². The highest BCUT2D eigenvalue weighted by Crippen LogP contribution is 2.33. The van der Waals surface area contributed by atoms with Crippen molar-refractivity contribution < 1.29 is 4.79 Å². The van der Waals surface area contributed by atoms with Crippen LogP contribution in [-0.2, 0) is 4.79 Å². The molecular weight excluding hydrogens is 324 g/mol. The van der Waals surface area contributed by atoms with Crippen molar-refractivity contribution >= 4 is 39.7 Å². The van der Waals surface area contributed by atoms with Gasteiger partial charge in [0.15, 0.2) is 10.9 Å². The van der Waals surface area contributed by atoms with E-state index in [0.717, 1.165) is 23.8 Å². The Bertz CT molecular complexity index is 822. The van der Waals surface area contributed by atoms with Crippen molar-refractivity contribution in [1.29, 1.82) is 0 Å². The number of anilines is 4. The Labute approximate surface area is 142 Å². The smallest absolute Gasteiger partial charge is 0.227 e. The summed E-state index contributed by atoms with van der Waals surface area (Å²) in [6.07, 6.45) is 9.88. The van der Waals surface area contributed by atoms with Crippen molar-refractivity contribution in [2.75, 3.05) is 16.3 Å². The van der Waals surface area contributed by atoms with E-state index < -0.39 is 0 Å². The van der Waals surface area contributed by atoms with Gasteiger partial charge in [0, 0.05) is 36.9 Å². The lowest BCUT2D eigenvalue weighted by molar-refractivity contribution is -0.117. The molecule has 8 heteroatoms. The van der Waals surface area contributed by atoms with E-state index in [1.807, 2.05) is 22.4 Å². The average molecular weight is 338 g/mol. The zero-order valence-electron chi connectivity index (χ0n) is 12.7. The number of rotatable bonds is 4. The van der Waals surface area contributed by atoms with E-state index in [2.05, 4.69) is 19.9 Å². The molecule has 1 fully saturated rings. The molecule has 0 N–H and O–H groups in total. The largest absolute Gasteiger partial charge is 0.311 e. The lowest BCUT2D eigenvalue weighted by atomic mass is 10.3. The molecule has 0 radical (unpaired) electrons. The van der Waals surface area contributed by atoms with Gasteiger partial charge in [-0.05, 0) is 18.6 Å². The molecule has 24 heavy (non-hydrogen) atoms. The molecule has 0 saturated carbocycles. The first-order valence-corrected chi connectivity index (χ1v) is 8.43. The number of carbonyl (C=O) groups excluding carboxylic acids is 1. The van der Waals surface area contributed by atoms with E-state index in [1.54, 1.807) is 35.9 Å². The van der Waals surface area contributed by atoms with Gasteiger partial charge in [0.1, 0.15) is 5.82 Å². The summed E-state index contributed by atoms with van der Waals surface area (Å²) in [5, 5.41) is 2.66. The predicted molar refractivity (Wildman–Crippen MR) is 91.8 cm³/mol. The summed E-state index contributed by atoms with van der Waals surface area (Å²) in [4.78, 5) is 32.8. The highest BCUT2D eigenvalue weighted by molar-refractivity contribution is 7.13. The number of nitrogens with zero attached hydrogens (tertiary/aromatic N) is 6. The van der Waals surface area contributed by atoms with Crippen LogP contribution in [0.25, 0.3) is 0 Å². The molecule has 0 atom stereocenters. The fourth-order valence-corrected chi connectivity index (χ4v) is 3.30. The Kier molecular flexibility index (Phi) is 3.87. The summed E-state index contributed by atoms with van der Waals surface area (Å²) in [6, 6.07) is 3.78. The third kappa shape index (κ3) is 2.71.